The van der Waals surface area contributed by atoms with Gasteiger partial charge in [0.15, 0.2) is 0 Å². The second kappa shape index (κ2) is 6.12. The number of hydrogen-bond donors (Lipinski definition) is 3. The molecule has 1 aromatic heterocycles. The number of nitrogens with one attached hydrogen (secondary N) is 1. The van der Waals surface area contributed by atoms with Crippen molar-refractivity contribution in [3.63, 3.8) is 0 Å². The normalized spacial score (nSPS) is 22.4. The molecule has 10 nitrogen and oxygen atoms in total. The van der Waals surface area contributed by atoms with Crippen LogP contribution in [0.25, 0.3) is 0 Å². The van der Waals surface area contributed by atoms with Gasteiger partial charge in [-0.25, -0.2) is 4.79 Å². The number of hydrogen-bond acceptors (Lipinski definition) is 6. The van der Waals surface area contributed by atoms with Crippen LogP contribution >= 0.6 is 7.60 Å². The van der Waals surface area contributed by atoms with Crippen molar-refractivity contribution in [1.82, 2.24) is 9.71 Å². The molecule has 2 atom stereocenters. The van der Waals surface area contributed by atoms with Gasteiger partial charge < -0.3 is 24.1 Å². The minimum Gasteiger partial charge on any atom is -0.377 e. The topological polar surface area (TPSA) is 140 Å². The lowest BCUT2D eigenvalue weighted by molar-refractivity contribution is -0.119. The molecule has 2 rings (SSSR count). The Morgan fingerprint density at radius 3 is 2.90 bits per heavy atom. The fraction of sp³-hybridized carbons (Fsp3) is 0.600. The van der Waals surface area contributed by atoms with Gasteiger partial charge in [-0.15, -0.1) is 4.73 Å². The maximum Gasteiger partial charge on any atom is 0.361 e. The Morgan fingerprint density at radius 1 is 1.52 bits per heavy atom. The van der Waals surface area contributed by atoms with Gasteiger partial charge in [-0.3, -0.25) is 14.3 Å². The average Bonchev–Trinajstić information content (AvgIpc) is 2.80. The Hall–Kier alpha value is -1.45. The molecule has 1 aliphatic rings. The van der Waals surface area contributed by atoms with E-state index in [1.54, 1.807) is 0 Å². The summed E-state index contributed by atoms with van der Waals surface area (Å²) >= 11 is 0. The molecule has 1 fully saturated rings. The van der Waals surface area contributed by atoms with Crippen LogP contribution < -0.4 is 16.1 Å². The second-order valence-corrected chi connectivity index (χ2v) is 6.17. The lowest BCUT2D eigenvalue weighted by Crippen LogP contribution is -2.38. The summed E-state index contributed by atoms with van der Waals surface area (Å²) in [5.74, 6) is 0. The van der Waals surface area contributed by atoms with E-state index in [0.29, 0.717) is 5.56 Å². The minimum absolute atomic E-state index is 0.0851. The smallest absolute Gasteiger partial charge is 0.361 e. The zero-order valence-corrected chi connectivity index (χ0v) is 12.0. The third-order valence-corrected chi connectivity index (χ3v) is 3.21. The van der Waals surface area contributed by atoms with Gasteiger partial charge in [0.05, 0.1) is 18.9 Å². The van der Waals surface area contributed by atoms with Crippen molar-refractivity contribution < 1.29 is 28.7 Å². The molecule has 0 aliphatic carbocycles. The predicted molar refractivity (Wildman–Crippen MR) is 68.8 cm³/mol. The summed E-state index contributed by atoms with van der Waals surface area (Å²) in [5.41, 5.74) is -0.953. The molecule has 21 heavy (non-hydrogen) atoms. The molecule has 0 radical (unpaired) electrons. The molecule has 118 valence electrons. The Bertz CT molecular complexity index is 662. The first-order valence-electron chi connectivity index (χ1n) is 6.02. The van der Waals surface area contributed by atoms with Gasteiger partial charge in [-0.1, -0.05) is 0 Å². The molecule has 1 saturated heterocycles. The number of ether oxygens (including phenoxy) is 2. The van der Waals surface area contributed by atoms with Gasteiger partial charge in [0.25, 0.3) is 5.56 Å². The highest BCUT2D eigenvalue weighted by atomic mass is 31.2. The standard InChI is InChI=1S/C10H15N2O8P/c1-6-3-12(10(14)11-9(6)13)20-8-2-7(4-18-8)19-5-21(15,16)17/h3,7-8H,2,4-5H2,1H3,(H,11,13,14)(H2,15,16,17)/t7-,8?/m0/s1. The molecule has 0 amide bonds. The number of nitrogens with zero attached hydrogens (tertiary/aromatic N) is 1. The predicted octanol–water partition coefficient (Wildman–Crippen LogP) is -1.46. The third-order valence-electron chi connectivity index (χ3n) is 2.72. The molecule has 1 aromatic rings. The number of rotatable bonds is 5. The first-order valence-corrected chi connectivity index (χ1v) is 7.82. The molecule has 0 saturated carbocycles. The fourth-order valence-corrected chi connectivity index (χ4v) is 2.11. The zero-order chi connectivity index (χ0) is 15.6. The van der Waals surface area contributed by atoms with Gasteiger partial charge >= 0.3 is 13.3 Å². The average molecular weight is 322 g/mol. The summed E-state index contributed by atoms with van der Waals surface area (Å²) in [7, 11) is -4.24. The van der Waals surface area contributed by atoms with E-state index in [-0.39, 0.29) is 13.0 Å². The van der Waals surface area contributed by atoms with E-state index in [4.69, 9.17) is 24.1 Å². The fourth-order valence-electron chi connectivity index (χ4n) is 1.71. The Labute approximate surface area is 118 Å². The van der Waals surface area contributed by atoms with Crippen LogP contribution in [-0.2, 0) is 14.0 Å². The van der Waals surface area contributed by atoms with Gasteiger partial charge in [-0.2, -0.15) is 0 Å². The van der Waals surface area contributed by atoms with Gasteiger partial charge in [0.1, 0.15) is 6.35 Å². The first kappa shape index (κ1) is 15.9. The summed E-state index contributed by atoms with van der Waals surface area (Å²) in [6.07, 6.45) is -0.623. The van der Waals surface area contributed by atoms with Crippen molar-refractivity contribution in [2.45, 2.75) is 25.7 Å². The monoisotopic (exact) mass is 322 g/mol. The maximum absolute atomic E-state index is 11.5. The molecule has 1 aliphatic heterocycles. The molecule has 1 unspecified atom stereocenters. The Morgan fingerprint density at radius 2 is 2.24 bits per heavy atom. The van der Waals surface area contributed by atoms with E-state index in [9.17, 15) is 14.2 Å². The van der Waals surface area contributed by atoms with Crippen LogP contribution in [-0.4, -0.2) is 44.9 Å². The summed E-state index contributed by atoms with van der Waals surface area (Å²) < 4.78 is 21.7. The number of aromatic amines is 1. The second-order valence-electron chi connectivity index (χ2n) is 4.58. The van der Waals surface area contributed by atoms with E-state index >= 15 is 0 Å². The largest absolute Gasteiger partial charge is 0.377 e. The van der Waals surface area contributed by atoms with Crippen LogP contribution in [0.2, 0.25) is 0 Å². The molecule has 0 aromatic carbocycles. The highest BCUT2D eigenvalue weighted by Gasteiger charge is 2.30. The van der Waals surface area contributed by atoms with E-state index in [1.807, 2.05) is 0 Å². The number of aryl methyl sites for hydroxylation is 1. The summed E-state index contributed by atoms with van der Waals surface area (Å²) in [6, 6.07) is 0. The summed E-state index contributed by atoms with van der Waals surface area (Å²) in [5, 5.41) is 0. The van der Waals surface area contributed by atoms with Gasteiger partial charge in [-0.05, 0) is 6.92 Å². The highest BCUT2D eigenvalue weighted by molar-refractivity contribution is 7.51. The van der Waals surface area contributed by atoms with Crippen molar-refractivity contribution in [2.24, 2.45) is 0 Å². The van der Waals surface area contributed by atoms with Crippen molar-refractivity contribution in [1.29, 1.82) is 0 Å². The molecule has 2 heterocycles. The summed E-state index contributed by atoms with van der Waals surface area (Å²) in [4.78, 5) is 47.5. The summed E-state index contributed by atoms with van der Waals surface area (Å²) in [6.45, 7) is 1.60. The van der Waals surface area contributed by atoms with Gasteiger partial charge in [0.2, 0.25) is 6.29 Å². The third kappa shape index (κ3) is 4.51. The van der Waals surface area contributed by atoms with E-state index < -0.39 is 37.6 Å². The van der Waals surface area contributed by atoms with Crippen LogP contribution in [0.15, 0.2) is 15.8 Å². The number of aromatic nitrogens is 2. The molecular formula is C10H15N2O8P. The van der Waals surface area contributed by atoms with Crippen molar-refractivity contribution >= 4 is 7.60 Å². The Kier molecular flexibility index (Phi) is 4.64. The lowest BCUT2D eigenvalue weighted by atomic mass is 10.3. The Balaban J connectivity index is 1.94. The first-order chi connectivity index (χ1) is 9.74. The molecule has 11 heteroatoms. The van der Waals surface area contributed by atoms with Crippen LogP contribution in [0.4, 0.5) is 0 Å². The van der Waals surface area contributed by atoms with Gasteiger partial charge in [0, 0.05) is 12.0 Å². The maximum atomic E-state index is 11.5. The quantitative estimate of drug-likeness (QED) is 0.559. The van der Waals surface area contributed by atoms with Crippen LogP contribution in [0.1, 0.15) is 12.0 Å². The lowest BCUT2D eigenvalue weighted by Gasteiger charge is -2.14. The van der Waals surface area contributed by atoms with Crippen molar-refractivity contribution in [3.05, 3.63) is 32.6 Å². The zero-order valence-electron chi connectivity index (χ0n) is 11.1. The van der Waals surface area contributed by atoms with E-state index in [0.717, 1.165) is 4.73 Å². The molecule has 0 spiro atoms. The number of H-pyrrole nitrogens is 1. The van der Waals surface area contributed by atoms with Crippen molar-refractivity contribution in [3.8, 4) is 0 Å². The van der Waals surface area contributed by atoms with E-state index in [2.05, 4.69) is 4.98 Å². The van der Waals surface area contributed by atoms with Crippen LogP contribution in [0.3, 0.4) is 0 Å². The highest BCUT2D eigenvalue weighted by Crippen LogP contribution is 2.35. The molecular weight excluding hydrogens is 307 g/mol. The van der Waals surface area contributed by atoms with E-state index in [1.165, 1.54) is 13.1 Å². The van der Waals surface area contributed by atoms with Crippen LogP contribution in [0.5, 0.6) is 0 Å². The minimum atomic E-state index is -4.24. The van der Waals surface area contributed by atoms with Crippen LogP contribution in [0, 0.1) is 6.92 Å². The van der Waals surface area contributed by atoms with Crippen molar-refractivity contribution in [2.75, 3.05) is 13.0 Å². The molecule has 0 bridgehead atoms. The molecule has 3 N–H and O–H groups in total. The SMILES string of the molecule is Cc1cn(OC2C[C@H](OCP(=O)(O)O)CO2)c(=O)[nH]c1=O.